The zero-order valence-electron chi connectivity index (χ0n) is 11.5. The van der Waals surface area contributed by atoms with Gasteiger partial charge in [-0.15, -0.1) is 0 Å². The second-order valence-corrected chi connectivity index (χ2v) is 4.22. The third-order valence-electron chi connectivity index (χ3n) is 2.69. The zero-order chi connectivity index (χ0) is 15.2. The molecule has 0 saturated heterocycles. The van der Waals surface area contributed by atoms with Crippen LogP contribution in [0.4, 0.5) is 11.5 Å². The number of amides is 1. The van der Waals surface area contributed by atoms with Crippen LogP contribution in [-0.4, -0.2) is 23.5 Å². The number of ether oxygens (including phenoxy) is 1. The lowest BCUT2D eigenvalue weighted by Crippen LogP contribution is -2.11. The van der Waals surface area contributed by atoms with Crippen molar-refractivity contribution in [3.63, 3.8) is 0 Å². The Bertz CT molecular complexity index is 653. The number of aromatic nitrogens is 1. The number of carbonyl (C=O) groups is 2. The highest BCUT2D eigenvalue weighted by Crippen LogP contribution is 2.16. The molecule has 21 heavy (non-hydrogen) atoms. The molecule has 1 aromatic carbocycles. The Morgan fingerprint density at radius 1 is 1.24 bits per heavy atom. The van der Waals surface area contributed by atoms with Crippen LogP contribution in [0.25, 0.3) is 0 Å². The van der Waals surface area contributed by atoms with Gasteiger partial charge in [0.25, 0.3) is 0 Å². The van der Waals surface area contributed by atoms with Crippen LogP contribution in [0.1, 0.15) is 27.6 Å². The average molecular weight is 285 g/mol. The number of esters is 1. The number of nitrogens with one attached hydrogen (secondary N) is 1. The zero-order valence-corrected chi connectivity index (χ0v) is 11.5. The maximum Gasteiger partial charge on any atom is 0.339 e. The molecule has 6 nitrogen and oxygen atoms in total. The minimum absolute atomic E-state index is 0.318. The molecular formula is C15H15N3O3. The molecule has 108 valence electrons. The first kappa shape index (κ1) is 14.5. The molecule has 0 unspecified atom stereocenters. The minimum atomic E-state index is -0.496. The van der Waals surface area contributed by atoms with Crippen molar-refractivity contribution in [2.75, 3.05) is 11.9 Å². The number of hydrogen-bond acceptors (Lipinski definition) is 5. The van der Waals surface area contributed by atoms with Crippen LogP contribution in [0.3, 0.4) is 0 Å². The Hall–Kier alpha value is -2.89. The van der Waals surface area contributed by atoms with E-state index in [1.54, 1.807) is 43.3 Å². The van der Waals surface area contributed by atoms with E-state index >= 15 is 0 Å². The molecule has 2 aromatic rings. The first-order chi connectivity index (χ1) is 10.1. The molecule has 1 amide bonds. The van der Waals surface area contributed by atoms with E-state index in [9.17, 15) is 9.59 Å². The van der Waals surface area contributed by atoms with Gasteiger partial charge in [-0.3, -0.25) is 4.79 Å². The normalized spacial score (nSPS) is 9.95. The Labute approximate surface area is 121 Å². The molecule has 0 aliphatic heterocycles. The number of primary amides is 1. The molecule has 0 aliphatic carbocycles. The van der Waals surface area contributed by atoms with Gasteiger partial charge in [0, 0.05) is 17.4 Å². The van der Waals surface area contributed by atoms with Gasteiger partial charge in [-0.1, -0.05) is 6.07 Å². The summed E-state index contributed by atoms with van der Waals surface area (Å²) in [5.41, 5.74) is 6.70. The highest BCUT2D eigenvalue weighted by atomic mass is 16.5. The van der Waals surface area contributed by atoms with Crippen molar-refractivity contribution in [1.29, 1.82) is 0 Å². The Morgan fingerprint density at radius 3 is 2.67 bits per heavy atom. The van der Waals surface area contributed by atoms with Gasteiger partial charge >= 0.3 is 5.97 Å². The van der Waals surface area contributed by atoms with Crippen molar-refractivity contribution < 1.29 is 14.3 Å². The van der Waals surface area contributed by atoms with Crippen LogP contribution in [0.5, 0.6) is 0 Å². The Morgan fingerprint density at radius 2 is 2.05 bits per heavy atom. The molecule has 0 fully saturated rings. The van der Waals surface area contributed by atoms with Crippen molar-refractivity contribution in [2.24, 2.45) is 5.73 Å². The monoisotopic (exact) mass is 285 g/mol. The highest BCUT2D eigenvalue weighted by Gasteiger charge is 2.07. The lowest BCUT2D eigenvalue weighted by molar-refractivity contribution is 0.0526. The fourth-order valence-electron chi connectivity index (χ4n) is 1.70. The van der Waals surface area contributed by atoms with E-state index in [1.807, 2.05) is 0 Å². The molecule has 3 N–H and O–H groups in total. The number of pyridine rings is 1. The van der Waals surface area contributed by atoms with Gasteiger partial charge in [-0.25, -0.2) is 9.78 Å². The third-order valence-corrected chi connectivity index (χ3v) is 2.69. The molecule has 0 aliphatic rings. The molecule has 0 saturated carbocycles. The Balaban J connectivity index is 2.11. The average Bonchev–Trinajstić information content (AvgIpc) is 2.48. The molecule has 0 bridgehead atoms. The van der Waals surface area contributed by atoms with Gasteiger partial charge in [0.15, 0.2) is 0 Å². The van der Waals surface area contributed by atoms with Gasteiger partial charge in [-0.2, -0.15) is 0 Å². The van der Waals surface area contributed by atoms with Crippen LogP contribution >= 0.6 is 0 Å². The van der Waals surface area contributed by atoms with E-state index in [2.05, 4.69) is 10.3 Å². The molecule has 1 aromatic heterocycles. The third kappa shape index (κ3) is 3.79. The standard InChI is InChI=1S/C15H15N3O3/c1-2-21-15(20)11-6-7-13(17-9-11)18-12-5-3-4-10(8-12)14(16)19/h3-9H,2H2,1H3,(H2,16,19)(H,17,18). The van der Waals surface area contributed by atoms with Crippen molar-refractivity contribution in [3.05, 3.63) is 53.7 Å². The number of nitrogens with two attached hydrogens (primary N) is 1. The van der Waals surface area contributed by atoms with Crippen molar-refractivity contribution in [1.82, 2.24) is 4.98 Å². The predicted molar refractivity (Wildman–Crippen MR) is 78.4 cm³/mol. The van der Waals surface area contributed by atoms with Crippen molar-refractivity contribution >= 4 is 23.4 Å². The van der Waals surface area contributed by atoms with Gasteiger partial charge in [0.05, 0.1) is 12.2 Å². The summed E-state index contributed by atoms with van der Waals surface area (Å²) in [5, 5.41) is 3.03. The summed E-state index contributed by atoms with van der Waals surface area (Å²) in [7, 11) is 0. The molecule has 2 rings (SSSR count). The Kier molecular flexibility index (Phi) is 4.50. The van der Waals surface area contributed by atoms with E-state index < -0.39 is 11.9 Å². The summed E-state index contributed by atoms with van der Waals surface area (Å²) in [6.07, 6.45) is 1.43. The summed E-state index contributed by atoms with van der Waals surface area (Å²) in [6.45, 7) is 2.06. The molecule has 0 atom stereocenters. The topological polar surface area (TPSA) is 94.3 Å². The molecule has 1 heterocycles. The summed E-state index contributed by atoms with van der Waals surface area (Å²) in [6, 6.07) is 10.0. The minimum Gasteiger partial charge on any atom is -0.462 e. The first-order valence-electron chi connectivity index (χ1n) is 6.40. The van der Waals surface area contributed by atoms with E-state index in [1.165, 1.54) is 6.20 Å². The number of nitrogens with zero attached hydrogens (tertiary/aromatic N) is 1. The first-order valence-corrected chi connectivity index (χ1v) is 6.40. The van der Waals surface area contributed by atoms with Crippen LogP contribution in [0.15, 0.2) is 42.6 Å². The van der Waals surface area contributed by atoms with E-state index in [4.69, 9.17) is 10.5 Å². The second-order valence-electron chi connectivity index (χ2n) is 4.22. The summed E-state index contributed by atoms with van der Waals surface area (Å²) in [5.74, 6) is -0.360. The fraction of sp³-hybridized carbons (Fsp3) is 0.133. The predicted octanol–water partition coefficient (Wildman–Crippen LogP) is 2.10. The van der Waals surface area contributed by atoms with Gasteiger partial charge in [-0.05, 0) is 37.3 Å². The quantitative estimate of drug-likeness (QED) is 0.820. The largest absolute Gasteiger partial charge is 0.462 e. The lowest BCUT2D eigenvalue weighted by atomic mass is 10.2. The summed E-state index contributed by atoms with van der Waals surface area (Å²) in [4.78, 5) is 26.7. The maximum atomic E-state index is 11.5. The van der Waals surface area contributed by atoms with Crippen LogP contribution in [0.2, 0.25) is 0 Å². The van der Waals surface area contributed by atoms with E-state index in [0.29, 0.717) is 29.2 Å². The smallest absolute Gasteiger partial charge is 0.339 e. The summed E-state index contributed by atoms with van der Waals surface area (Å²) >= 11 is 0. The second kappa shape index (κ2) is 6.51. The number of rotatable bonds is 5. The fourth-order valence-corrected chi connectivity index (χ4v) is 1.70. The molecule has 0 spiro atoms. The molecule has 6 heteroatoms. The van der Waals surface area contributed by atoms with Crippen molar-refractivity contribution in [2.45, 2.75) is 6.92 Å². The summed E-state index contributed by atoms with van der Waals surface area (Å²) < 4.78 is 4.88. The number of anilines is 2. The number of benzene rings is 1. The molecule has 0 radical (unpaired) electrons. The van der Waals surface area contributed by atoms with Crippen LogP contribution in [-0.2, 0) is 4.74 Å². The van der Waals surface area contributed by atoms with Gasteiger partial charge < -0.3 is 15.8 Å². The highest BCUT2D eigenvalue weighted by molar-refractivity contribution is 5.94. The van der Waals surface area contributed by atoms with E-state index in [-0.39, 0.29) is 0 Å². The van der Waals surface area contributed by atoms with Crippen molar-refractivity contribution in [3.8, 4) is 0 Å². The van der Waals surface area contributed by atoms with E-state index in [0.717, 1.165) is 0 Å². The van der Waals surface area contributed by atoms with Crippen LogP contribution in [0, 0.1) is 0 Å². The molecular weight excluding hydrogens is 270 g/mol. The number of hydrogen-bond donors (Lipinski definition) is 2. The lowest BCUT2D eigenvalue weighted by Gasteiger charge is -2.07. The van der Waals surface area contributed by atoms with Crippen LogP contribution < -0.4 is 11.1 Å². The van der Waals surface area contributed by atoms with Gasteiger partial charge in [0.2, 0.25) is 5.91 Å². The maximum absolute atomic E-state index is 11.5. The number of carbonyl (C=O) groups excluding carboxylic acids is 2. The van der Waals surface area contributed by atoms with Gasteiger partial charge in [0.1, 0.15) is 5.82 Å². The SMILES string of the molecule is CCOC(=O)c1ccc(Nc2cccc(C(N)=O)c2)nc1.